The molecule has 0 fully saturated rings. The highest BCUT2D eigenvalue weighted by molar-refractivity contribution is 5.45. The summed E-state index contributed by atoms with van der Waals surface area (Å²) in [6.07, 6.45) is 6.53. The molecule has 0 spiro atoms. The van der Waals surface area contributed by atoms with Crippen molar-refractivity contribution < 1.29 is 9.84 Å². The number of benzene rings is 1. The summed E-state index contributed by atoms with van der Waals surface area (Å²) in [5.41, 5.74) is 0.909. The van der Waals surface area contributed by atoms with Gasteiger partial charge in [-0.1, -0.05) is 12.2 Å². The van der Waals surface area contributed by atoms with Crippen molar-refractivity contribution >= 4 is 12.2 Å². The summed E-state index contributed by atoms with van der Waals surface area (Å²) in [5.74, 6) is 0.863. The van der Waals surface area contributed by atoms with Gasteiger partial charge in [0.1, 0.15) is 5.75 Å². The Hall–Kier alpha value is -1.28. The van der Waals surface area contributed by atoms with Crippen LogP contribution in [0, 0.1) is 0 Å². The highest BCUT2D eigenvalue weighted by Crippen LogP contribution is 2.07. The van der Waals surface area contributed by atoms with Crippen LogP contribution in [0.25, 0.3) is 12.2 Å². The smallest absolute Gasteiger partial charge is 0.126 e. The third-order valence-electron chi connectivity index (χ3n) is 2.52. The lowest BCUT2D eigenvalue weighted by Gasteiger charge is -2.08. The van der Waals surface area contributed by atoms with Crippen LogP contribution in [0.4, 0.5) is 0 Å². The number of ether oxygens (including phenoxy) is 1. The minimum atomic E-state index is 0.0669. The zero-order valence-electron chi connectivity index (χ0n) is 8.29. The molecule has 74 valence electrons. The average Bonchev–Trinajstić information content (AvgIpc) is 2.27. The second-order valence-electron chi connectivity index (χ2n) is 3.44. The van der Waals surface area contributed by atoms with Crippen LogP contribution in [0.15, 0.2) is 12.1 Å². The minimum absolute atomic E-state index is 0.0669. The molecule has 1 aromatic rings. The number of rotatable bonds is 2. The molecule has 0 unspecified atom stereocenters. The Labute approximate surface area is 83.1 Å². The molecule has 1 aliphatic rings. The number of hydrogen-bond acceptors (Lipinski definition) is 2. The van der Waals surface area contributed by atoms with Gasteiger partial charge in [-0.2, -0.15) is 0 Å². The van der Waals surface area contributed by atoms with Crippen LogP contribution in [0.2, 0.25) is 0 Å². The zero-order chi connectivity index (χ0) is 9.97. The van der Waals surface area contributed by atoms with Crippen LogP contribution >= 0.6 is 0 Å². The molecular weight excluding hydrogens is 176 g/mol. The van der Waals surface area contributed by atoms with Crippen molar-refractivity contribution in [2.75, 3.05) is 7.11 Å². The van der Waals surface area contributed by atoms with Gasteiger partial charge in [0.05, 0.1) is 13.7 Å². The molecule has 0 amide bonds. The number of fused-ring (bicyclic) bond motifs is 1. The van der Waals surface area contributed by atoms with Crippen molar-refractivity contribution in [2.45, 2.75) is 19.4 Å². The molecule has 2 nitrogen and oxygen atoms in total. The van der Waals surface area contributed by atoms with Crippen LogP contribution in [0.3, 0.4) is 0 Å². The molecule has 0 atom stereocenters. The summed E-state index contributed by atoms with van der Waals surface area (Å²) in [5, 5.41) is 11.4. The predicted octanol–water partition coefficient (Wildman–Crippen LogP) is 0.542. The zero-order valence-corrected chi connectivity index (χ0v) is 8.29. The van der Waals surface area contributed by atoms with E-state index in [2.05, 4.69) is 12.2 Å². The highest BCUT2D eigenvalue weighted by atomic mass is 16.5. The van der Waals surface area contributed by atoms with Crippen molar-refractivity contribution in [2.24, 2.45) is 0 Å². The maximum atomic E-state index is 9.08. The Morgan fingerprint density at radius 2 is 2.07 bits per heavy atom. The number of aliphatic hydroxyl groups is 1. The summed E-state index contributed by atoms with van der Waals surface area (Å²) >= 11 is 0. The molecule has 0 saturated heterocycles. The first kappa shape index (κ1) is 9.28. The first-order valence-corrected chi connectivity index (χ1v) is 4.83. The molecule has 0 radical (unpaired) electrons. The second-order valence-corrected chi connectivity index (χ2v) is 3.44. The molecule has 0 bridgehead atoms. The normalized spacial score (nSPS) is 13.9. The first-order valence-electron chi connectivity index (χ1n) is 4.83. The van der Waals surface area contributed by atoms with E-state index in [1.54, 1.807) is 7.11 Å². The Morgan fingerprint density at radius 3 is 2.79 bits per heavy atom. The van der Waals surface area contributed by atoms with Crippen molar-refractivity contribution in [1.29, 1.82) is 0 Å². The van der Waals surface area contributed by atoms with Gasteiger partial charge in [-0.3, -0.25) is 0 Å². The van der Waals surface area contributed by atoms with Crippen LogP contribution in [-0.2, 0) is 6.61 Å². The van der Waals surface area contributed by atoms with Gasteiger partial charge < -0.3 is 9.84 Å². The molecule has 0 aromatic heterocycles. The fraction of sp³-hybridized carbons (Fsp3) is 0.333. The number of methoxy groups -OCH3 is 1. The van der Waals surface area contributed by atoms with E-state index in [1.807, 2.05) is 12.1 Å². The highest BCUT2D eigenvalue weighted by Gasteiger charge is 2.02. The topological polar surface area (TPSA) is 29.5 Å². The predicted molar refractivity (Wildman–Crippen MR) is 56.3 cm³/mol. The monoisotopic (exact) mass is 190 g/mol. The fourth-order valence-electron chi connectivity index (χ4n) is 1.82. The lowest BCUT2D eigenvalue weighted by molar-refractivity contribution is 0.281. The summed E-state index contributed by atoms with van der Waals surface area (Å²) < 4.78 is 5.29. The van der Waals surface area contributed by atoms with Gasteiger partial charge in [0, 0.05) is 5.22 Å². The van der Waals surface area contributed by atoms with E-state index in [1.165, 1.54) is 5.22 Å². The second kappa shape index (κ2) is 3.84. The Balaban J connectivity index is 2.72. The van der Waals surface area contributed by atoms with E-state index in [-0.39, 0.29) is 6.61 Å². The minimum Gasteiger partial charge on any atom is -0.496 e. The lowest BCUT2D eigenvalue weighted by atomic mass is 10.0. The molecule has 1 aromatic carbocycles. The van der Waals surface area contributed by atoms with Gasteiger partial charge >= 0.3 is 0 Å². The Morgan fingerprint density at radius 1 is 1.29 bits per heavy atom. The van der Waals surface area contributed by atoms with E-state index < -0.39 is 0 Å². The van der Waals surface area contributed by atoms with Gasteiger partial charge in [-0.05, 0) is 35.8 Å². The molecule has 14 heavy (non-hydrogen) atoms. The van der Waals surface area contributed by atoms with E-state index in [0.717, 1.165) is 29.4 Å². The van der Waals surface area contributed by atoms with Gasteiger partial charge in [0.2, 0.25) is 0 Å². The fourth-order valence-corrected chi connectivity index (χ4v) is 1.82. The van der Waals surface area contributed by atoms with Gasteiger partial charge in [0.15, 0.2) is 0 Å². The number of hydrogen-bond donors (Lipinski definition) is 1. The van der Waals surface area contributed by atoms with Crippen molar-refractivity contribution in [1.82, 2.24) is 0 Å². The summed E-state index contributed by atoms with van der Waals surface area (Å²) in [4.78, 5) is 0. The molecule has 1 aliphatic carbocycles. The van der Waals surface area contributed by atoms with Gasteiger partial charge in [-0.25, -0.2) is 0 Å². The Bertz CT molecular complexity index is 446. The third kappa shape index (κ3) is 1.53. The largest absolute Gasteiger partial charge is 0.496 e. The number of aliphatic hydroxyl groups excluding tert-OH is 1. The van der Waals surface area contributed by atoms with Crippen LogP contribution in [0.5, 0.6) is 5.75 Å². The van der Waals surface area contributed by atoms with Gasteiger partial charge in [0.25, 0.3) is 0 Å². The summed E-state index contributed by atoms with van der Waals surface area (Å²) in [7, 11) is 1.67. The maximum Gasteiger partial charge on any atom is 0.126 e. The quantitative estimate of drug-likeness (QED) is 0.737. The molecule has 2 rings (SSSR count). The van der Waals surface area contributed by atoms with Crippen LogP contribution < -0.4 is 15.2 Å². The van der Waals surface area contributed by atoms with Crippen molar-refractivity contribution in [3.05, 3.63) is 28.1 Å². The van der Waals surface area contributed by atoms with E-state index in [4.69, 9.17) is 9.84 Å². The third-order valence-corrected chi connectivity index (χ3v) is 2.52. The van der Waals surface area contributed by atoms with E-state index in [9.17, 15) is 0 Å². The molecule has 0 aliphatic heterocycles. The van der Waals surface area contributed by atoms with E-state index >= 15 is 0 Å². The molecular formula is C12H14O2. The molecule has 0 heterocycles. The first-order chi connectivity index (χ1) is 6.85. The average molecular weight is 190 g/mol. The standard InChI is InChI=1S/C12H14O2/c1-14-12-7-9(8-13)6-10-4-2-3-5-11(10)12/h4-7,13H,2-3,8H2,1H3. The van der Waals surface area contributed by atoms with E-state index in [0.29, 0.717) is 0 Å². The molecule has 1 N–H and O–H groups in total. The molecule has 2 heteroatoms. The van der Waals surface area contributed by atoms with Gasteiger partial charge in [-0.15, -0.1) is 0 Å². The van der Waals surface area contributed by atoms with Crippen molar-refractivity contribution in [3.8, 4) is 5.75 Å². The summed E-state index contributed by atoms with van der Waals surface area (Å²) in [6, 6.07) is 3.92. The maximum absolute atomic E-state index is 9.08. The van der Waals surface area contributed by atoms with Crippen LogP contribution in [0.1, 0.15) is 18.4 Å². The van der Waals surface area contributed by atoms with Crippen LogP contribution in [-0.4, -0.2) is 12.2 Å². The van der Waals surface area contributed by atoms with Crippen molar-refractivity contribution in [3.63, 3.8) is 0 Å². The Kier molecular flexibility index (Phi) is 2.55. The lowest BCUT2D eigenvalue weighted by Crippen LogP contribution is -2.28. The molecule has 0 saturated carbocycles. The summed E-state index contributed by atoms with van der Waals surface area (Å²) in [6.45, 7) is 0.0669. The SMILES string of the molecule is COc1cc(CO)cc2c1=CCCC=2.